The van der Waals surface area contributed by atoms with Crippen molar-refractivity contribution in [3.8, 4) is 0 Å². The van der Waals surface area contributed by atoms with Gasteiger partial charge in [0, 0.05) is 36.2 Å². The van der Waals surface area contributed by atoms with Gasteiger partial charge in [0.15, 0.2) is 0 Å². The number of nitrogens with two attached hydrogens (primary N) is 1. The molecule has 25 heavy (non-hydrogen) atoms. The number of carboxylic acid groups (broad SMARTS) is 1. The van der Waals surface area contributed by atoms with Crippen LogP contribution in [-0.4, -0.2) is 23.0 Å². The summed E-state index contributed by atoms with van der Waals surface area (Å²) in [4.78, 5) is 31.9. The minimum absolute atomic E-state index is 0.00736. The van der Waals surface area contributed by atoms with Crippen molar-refractivity contribution in [1.82, 2.24) is 5.32 Å². The van der Waals surface area contributed by atoms with E-state index in [4.69, 9.17) is 15.3 Å². The molecule has 0 spiro atoms. The maximum atomic E-state index is 11.0. The minimum atomic E-state index is -0.873. The summed E-state index contributed by atoms with van der Waals surface area (Å²) in [7, 11) is 0. The van der Waals surface area contributed by atoms with Crippen LogP contribution in [0.2, 0.25) is 0 Å². The normalized spacial score (nSPS) is 11.3. The number of hydrogen-bond acceptors (Lipinski definition) is 5. The van der Waals surface area contributed by atoms with Crippen LogP contribution in [0.15, 0.2) is 33.5 Å². The van der Waals surface area contributed by atoms with E-state index >= 15 is 0 Å². The lowest BCUT2D eigenvalue weighted by Gasteiger charge is -2.13. The number of hydrogen-bond donors (Lipinski definition) is 3. The molecular weight excluding hydrogens is 324 g/mol. The van der Waals surface area contributed by atoms with Gasteiger partial charge in [-0.3, -0.25) is 9.59 Å². The molecule has 0 saturated carbocycles. The third-order valence-electron chi connectivity index (χ3n) is 3.44. The highest BCUT2D eigenvalue weighted by molar-refractivity contribution is 5.82. The molecular formula is C18H24N2O5. The van der Waals surface area contributed by atoms with Crippen LogP contribution < -0.4 is 16.7 Å². The Hall–Kier alpha value is -2.83. The highest BCUT2D eigenvalue weighted by atomic mass is 16.4. The van der Waals surface area contributed by atoms with Crippen molar-refractivity contribution in [3.63, 3.8) is 0 Å². The Morgan fingerprint density at radius 3 is 2.56 bits per heavy atom. The van der Waals surface area contributed by atoms with Gasteiger partial charge < -0.3 is 20.6 Å². The molecule has 0 radical (unpaired) electrons. The molecule has 2 aromatic rings. The Balaban J connectivity index is 0.000000252. The van der Waals surface area contributed by atoms with Crippen LogP contribution in [0, 0.1) is 6.92 Å². The van der Waals surface area contributed by atoms with Gasteiger partial charge in [-0.15, -0.1) is 0 Å². The largest absolute Gasteiger partial charge is 0.481 e. The van der Waals surface area contributed by atoms with Crippen molar-refractivity contribution in [2.24, 2.45) is 0 Å². The number of fused-ring (bicyclic) bond motifs is 1. The van der Waals surface area contributed by atoms with Gasteiger partial charge in [-0.1, -0.05) is 13.3 Å². The van der Waals surface area contributed by atoms with E-state index < -0.39 is 5.97 Å². The van der Waals surface area contributed by atoms with Crippen molar-refractivity contribution in [3.05, 3.63) is 40.2 Å². The van der Waals surface area contributed by atoms with E-state index in [1.165, 1.54) is 13.0 Å². The molecule has 1 aromatic heterocycles. The van der Waals surface area contributed by atoms with Gasteiger partial charge in [-0.2, -0.15) is 0 Å². The Morgan fingerprint density at radius 1 is 1.32 bits per heavy atom. The highest BCUT2D eigenvalue weighted by Gasteiger charge is 2.12. The lowest BCUT2D eigenvalue weighted by molar-refractivity contribution is -0.137. The number of carboxylic acids is 1. The summed E-state index contributed by atoms with van der Waals surface area (Å²) in [6, 6.07) is 6.55. The van der Waals surface area contributed by atoms with Crippen LogP contribution in [0.25, 0.3) is 11.0 Å². The number of nitrogen functional groups attached to an aromatic ring is 1. The van der Waals surface area contributed by atoms with Gasteiger partial charge in [0.2, 0.25) is 5.91 Å². The predicted octanol–water partition coefficient (Wildman–Crippen LogP) is 2.45. The van der Waals surface area contributed by atoms with Crippen molar-refractivity contribution in [2.45, 2.75) is 46.1 Å². The molecule has 0 fully saturated rings. The van der Waals surface area contributed by atoms with Crippen molar-refractivity contribution < 1.29 is 19.1 Å². The SMILES string of the molecule is CCCC(CC(=O)O)NC(C)=O.Cc1cc(=O)oc2cc(N)ccc12. The molecule has 1 atom stereocenters. The summed E-state index contributed by atoms with van der Waals surface area (Å²) in [5.74, 6) is -1.04. The average Bonchev–Trinajstić information content (AvgIpc) is 2.45. The first-order valence-electron chi connectivity index (χ1n) is 8.01. The lowest BCUT2D eigenvalue weighted by atomic mass is 10.1. The molecule has 1 unspecified atom stereocenters. The van der Waals surface area contributed by atoms with Crippen LogP contribution in [0.3, 0.4) is 0 Å². The van der Waals surface area contributed by atoms with Crippen molar-refractivity contribution in [2.75, 3.05) is 5.73 Å². The number of anilines is 1. The molecule has 0 aliphatic heterocycles. The van der Waals surface area contributed by atoms with Crippen LogP contribution in [-0.2, 0) is 9.59 Å². The Morgan fingerprint density at radius 2 is 2.00 bits per heavy atom. The molecule has 2 rings (SSSR count). The zero-order chi connectivity index (χ0) is 19.0. The molecule has 1 amide bonds. The summed E-state index contributed by atoms with van der Waals surface area (Å²) in [6.07, 6.45) is 1.59. The number of carbonyl (C=O) groups excluding carboxylic acids is 1. The molecule has 1 heterocycles. The van der Waals surface area contributed by atoms with Gasteiger partial charge in [0.1, 0.15) is 5.58 Å². The topological polar surface area (TPSA) is 123 Å². The van der Waals surface area contributed by atoms with Gasteiger partial charge >= 0.3 is 11.6 Å². The summed E-state index contributed by atoms with van der Waals surface area (Å²) < 4.78 is 4.99. The standard InChI is InChI=1S/C10H9NO2.C8H15NO3/c1-6-4-10(12)13-9-5-7(11)2-3-8(6)9;1-3-4-7(5-8(11)12)9-6(2)10/h2-5H,11H2,1H3;7H,3-5H2,1-2H3,(H,9,10)(H,11,12). The fraction of sp³-hybridized carbons (Fsp3) is 0.389. The minimum Gasteiger partial charge on any atom is -0.481 e. The second-order valence-electron chi connectivity index (χ2n) is 5.79. The molecule has 7 heteroatoms. The number of rotatable bonds is 5. The third kappa shape index (κ3) is 7.07. The van der Waals surface area contributed by atoms with E-state index in [1.807, 2.05) is 19.9 Å². The molecule has 136 valence electrons. The summed E-state index contributed by atoms with van der Waals surface area (Å²) in [6.45, 7) is 5.22. The fourth-order valence-electron chi connectivity index (χ4n) is 2.41. The molecule has 0 aliphatic carbocycles. The molecule has 4 N–H and O–H groups in total. The number of benzene rings is 1. The number of nitrogens with one attached hydrogen (secondary N) is 1. The number of aliphatic carboxylic acids is 1. The van der Waals surface area contributed by atoms with E-state index in [2.05, 4.69) is 5.32 Å². The average molecular weight is 348 g/mol. The Bertz CT molecular complexity index is 782. The number of amides is 1. The quantitative estimate of drug-likeness (QED) is 0.563. The van der Waals surface area contributed by atoms with E-state index in [-0.39, 0.29) is 24.0 Å². The fourth-order valence-corrected chi connectivity index (χ4v) is 2.41. The Labute approximate surface area is 145 Å². The molecule has 0 aliphatic rings. The highest BCUT2D eigenvalue weighted by Crippen LogP contribution is 2.18. The molecule has 0 saturated heterocycles. The number of aryl methyl sites for hydroxylation is 1. The van der Waals surface area contributed by atoms with Crippen LogP contribution in [0.1, 0.15) is 38.7 Å². The lowest BCUT2D eigenvalue weighted by Crippen LogP contribution is -2.34. The summed E-state index contributed by atoms with van der Waals surface area (Å²) in [5.41, 5.74) is 7.28. The summed E-state index contributed by atoms with van der Waals surface area (Å²) in [5, 5.41) is 12.0. The molecule has 7 nitrogen and oxygen atoms in total. The summed E-state index contributed by atoms with van der Waals surface area (Å²) >= 11 is 0. The first kappa shape index (κ1) is 20.2. The maximum Gasteiger partial charge on any atom is 0.336 e. The van der Waals surface area contributed by atoms with E-state index in [9.17, 15) is 14.4 Å². The predicted molar refractivity (Wildman–Crippen MR) is 96.4 cm³/mol. The van der Waals surface area contributed by atoms with Crippen LogP contribution >= 0.6 is 0 Å². The first-order chi connectivity index (χ1) is 11.7. The second-order valence-corrected chi connectivity index (χ2v) is 5.79. The first-order valence-corrected chi connectivity index (χ1v) is 8.01. The van der Waals surface area contributed by atoms with Crippen molar-refractivity contribution in [1.29, 1.82) is 0 Å². The van der Waals surface area contributed by atoms with E-state index in [1.54, 1.807) is 12.1 Å². The second kappa shape index (κ2) is 9.46. The Kier molecular flexibility index (Phi) is 7.65. The van der Waals surface area contributed by atoms with Gasteiger partial charge in [0.05, 0.1) is 6.42 Å². The molecule has 0 bridgehead atoms. The molecule has 1 aromatic carbocycles. The maximum absolute atomic E-state index is 11.0. The third-order valence-corrected chi connectivity index (χ3v) is 3.44. The van der Waals surface area contributed by atoms with Crippen molar-refractivity contribution >= 4 is 28.5 Å². The van der Waals surface area contributed by atoms with Gasteiger partial charge in [-0.05, 0) is 31.0 Å². The van der Waals surface area contributed by atoms with Crippen LogP contribution in [0.5, 0.6) is 0 Å². The monoisotopic (exact) mass is 348 g/mol. The van der Waals surface area contributed by atoms with Gasteiger partial charge in [0.25, 0.3) is 0 Å². The zero-order valence-corrected chi connectivity index (χ0v) is 14.7. The smallest absolute Gasteiger partial charge is 0.336 e. The number of carbonyl (C=O) groups is 2. The van der Waals surface area contributed by atoms with E-state index in [0.29, 0.717) is 17.7 Å². The van der Waals surface area contributed by atoms with Crippen LogP contribution in [0.4, 0.5) is 5.69 Å². The van der Waals surface area contributed by atoms with E-state index in [0.717, 1.165) is 17.4 Å². The zero-order valence-electron chi connectivity index (χ0n) is 14.7. The van der Waals surface area contributed by atoms with Gasteiger partial charge in [-0.25, -0.2) is 4.79 Å².